The molecule has 0 radical (unpaired) electrons. The molecule has 0 N–H and O–H groups in total. The molecule has 0 fully saturated rings. The smallest absolute Gasteiger partial charge is 0.234 e. The standard InChI is InChI=1S/C15H13BrO3/c1-15(2)11(16)7-10-13(18)12(17)8-5-3-4-6-9(8)14(10)19-15/h3-6,11H,7H2,1-2H3/t11-/m1/s1. The van der Waals surface area contributed by atoms with E-state index in [2.05, 4.69) is 15.9 Å². The van der Waals surface area contributed by atoms with Crippen molar-refractivity contribution in [1.82, 2.24) is 0 Å². The van der Waals surface area contributed by atoms with Crippen molar-refractivity contribution in [2.75, 3.05) is 0 Å². The number of rotatable bonds is 0. The predicted octanol–water partition coefficient (Wildman–Crippen LogP) is 3.13. The quantitative estimate of drug-likeness (QED) is 0.545. The second-order valence-electron chi connectivity index (χ2n) is 5.39. The molecule has 4 heteroatoms. The van der Waals surface area contributed by atoms with E-state index in [4.69, 9.17) is 4.74 Å². The van der Waals surface area contributed by atoms with Gasteiger partial charge < -0.3 is 4.74 Å². The zero-order chi connectivity index (χ0) is 13.8. The van der Waals surface area contributed by atoms with E-state index in [1.165, 1.54) is 0 Å². The minimum Gasteiger partial charge on any atom is -0.486 e. The van der Waals surface area contributed by atoms with Crippen LogP contribution in [0.15, 0.2) is 29.8 Å². The summed E-state index contributed by atoms with van der Waals surface area (Å²) in [5.41, 5.74) is 1.25. The van der Waals surface area contributed by atoms with Crippen LogP contribution in [0.3, 0.4) is 0 Å². The third kappa shape index (κ3) is 1.77. The SMILES string of the molecule is CC1(C)OC2=C(C[C@H]1Br)C(=O)C(=O)c1ccccc12. The van der Waals surface area contributed by atoms with Gasteiger partial charge in [0.1, 0.15) is 11.4 Å². The summed E-state index contributed by atoms with van der Waals surface area (Å²) in [7, 11) is 0. The third-order valence-corrected chi connectivity index (χ3v) is 5.10. The van der Waals surface area contributed by atoms with E-state index in [-0.39, 0.29) is 4.83 Å². The van der Waals surface area contributed by atoms with E-state index < -0.39 is 17.2 Å². The van der Waals surface area contributed by atoms with Crippen molar-refractivity contribution in [2.24, 2.45) is 0 Å². The van der Waals surface area contributed by atoms with Gasteiger partial charge in [-0.15, -0.1) is 0 Å². The van der Waals surface area contributed by atoms with Crippen LogP contribution in [0, 0.1) is 0 Å². The van der Waals surface area contributed by atoms with Crippen LogP contribution >= 0.6 is 15.9 Å². The van der Waals surface area contributed by atoms with Crippen molar-refractivity contribution in [3.05, 3.63) is 41.0 Å². The van der Waals surface area contributed by atoms with Gasteiger partial charge in [0.2, 0.25) is 11.6 Å². The first-order chi connectivity index (χ1) is 8.92. The number of carbonyl (C=O) groups is 2. The lowest BCUT2D eigenvalue weighted by atomic mass is 9.82. The molecule has 0 saturated heterocycles. The molecule has 1 aliphatic heterocycles. The third-order valence-electron chi connectivity index (χ3n) is 3.67. The van der Waals surface area contributed by atoms with Crippen LogP contribution in [-0.4, -0.2) is 22.0 Å². The van der Waals surface area contributed by atoms with Gasteiger partial charge in [0.05, 0.1) is 4.83 Å². The highest BCUT2D eigenvalue weighted by Crippen LogP contribution is 2.43. The number of alkyl halides is 1. The number of allylic oxidation sites excluding steroid dienone is 1. The highest BCUT2D eigenvalue weighted by atomic mass is 79.9. The summed E-state index contributed by atoms with van der Waals surface area (Å²) in [6.45, 7) is 3.94. The molecule has 0 unspecified atom stereocenters. The second kappa shape index (κ2) is 4.04. The van der Waals surface area contributed by atoms with Crippen molar-refractivity contribution in [1.29, 1.82) is 0 Å². The Morgan fingerprint density at radius 3 is 2.47 bits per heavy atom. The van der Waals surface area contributed by atoms with Crippen molar-refractivity contribution in [3.63, 3.8) is 0 Å². The first-order valence-electron chi connectivity index (χ1n) is 6.16. The van der Waals surface area contributed by atoms with Gasteiger partial charge in [-0.2, -0.15) is 0 Å². The van der Waals surface area contributed by atoms with Gasteiger partial charge in [-0.3, -0.25) is 9.59 Å². The molecule has 3 nitrogen and oxygen atoms in total. The van der Waals surface area contributed by atoms with Gasteiger partial charge in [-0.25, -0.2) is 0 Å². The van der Waals surface area contributed by atoms with Crippen LogP contribution in [0.4, 0.5) is 0 Å². The Morgan fingerprint density at radius 1 is 1.16 bits per heavy atom. The van der Waals surface area contributed by atoms with E-state index in [1.54, 1.807) is 12.1 Å². The summed E-state index contributed by atoms with van der Waals surface area (Å²) in [6, 6.07) is 7.12. The van der Waals surface area contributed by atoms with Crippen LogP contribution in [0.1, 0.15) is 36.2 Å². The van der Waals surface area contributed by atoms with E-state index in [0.29, 0.717) is 23.3 Å². The van der Waals surface area contributed by atoms with E-state index in [1.807, 2.05) is 26.0 Å². The number of ether oxygens (including phenoxy) is 1. The molecule has 3 rings (SSSR count). The number of benzene rings is 1. The lowest BCUT2D eigenvalue weighted by molar-refractivity contribution is -0.112. The molecule has 1 heterocycles. The normalized spacial score (nSPS) is 24.7. The summed E-state index contributed by atoms with van der Waals surface area (Å²) >= 11 is 3.54. The summed E-state index contributed by atoms with van der Waals surface area (Å²) in [5.74, 6) is -0.299. The molecule has 1 aliphatic carbocycles. The predicted molar refractivity (Wildman–Crippen MR) is 75.2 cm³/mol. The lowest BCUT2D eigenvalue weighted by Gasteiger charge is -2.39. The molecule has 1 aromatic rings. The molecule has 1 aromatic carbocycles. The second-order valence-corrected chi connectivity index (χ2v) is 6.49. The Morgan fingerprint density at radius 2 is 1.79 bits per heavy atom. The van der Waals surface area contributed by atoms with Crippen LogP contribution in [0.25, 0.3) is 5.76 Å². The molecular weight excluding hydrogens is 308 g/mol. The fraction of sp³-hybridized carbons (Fsp3) is 0.333. The molecule has 0 saturated carbocycles. The lowest BCUT2D eigenvalue weighted by Crippen LogP contribution is -2.42. The maximum atomic E-state index is 12.2. The Balaban J connectivity index is 2.23. The zero-order valence-corrected chi connectivity index (χ0v) is 12.3. The maximum Gasteiger partial charge on any atom is 0.234 e. The van der Waals surface area contributed by atoms with E-state index in [0.717, 1.165) is 5.56 Å². The first kappa shape index (κ1) is 12.6. The van der Waals surface area contributed by atoms with Crippen LogP contribution in [-0.2, 0) is 9.53 Å². The number of ketones is 2. The highest BCUT2D eigenvalue weighted by molar-refractivity contribution is 9.09. The van der Waals surface area contributed by atoms with Crippen molar-refractivity contribution in [3.8, 4) is 0 Å². The average Bonchev–Trinajstić information content (AvgIpc) is 2.38. The summed E-state index contributed by atoms with van der Waals surface area (Å²) in [5, 5.41) is 0. The fourth-order valence-corrected chi connectivity index (χ4v) is 2.88. The Hall–Kier alpha value is -1.42. The number of halogens is 1. The minimum absolute atomic E-state index is 0.0146. The van der Waals surface area contributed by atoms with Gasteiger partial charge >= 0.3 is 0 Å². The Kier molecular flexibility index (Phi) is 2.68. The van der Waals surface area contributed by atoms with Gasteiger partial charge in [-0.05, 0) is 20.3 Å². The number of Topliss-reactive ketones (excluding diaryl/α,β-unsaturated/α-hetero) is 2. The number of fused-ring (bicyclic) bond motifs is 2. The Bertz CT molecular complexity index is 628. The molecule has 2 aliphatic rings. The van der Waals surface area contributed by atoms with Gasteiger partial charge in [0.15, 0.2) is 0 Å². The van der Waals surface area contributed by atoms with Gasteiger partial charge in [-0.1, -0.05) is 40.2 Å². The van der Waals surface area contributed by atoms with Crippen molar-refractivity contribution < 1.29 is 14.3 Å². The van der Waals surface area contributed by atoms with Crippen molar-refractivity contribution >= 4 is 33.3 Å². The highest BCUT2D eigenvalue weighted by Gasteiger charge is 2.43. The average molecular weight is 321 g/mol. The number of hydrogen-bond acceptors (Lipinski definition) is 3. The fourth-order valence-electron chi connectivity index (χ4n) is 2.46. The van der Waals surface area contributed by atoms with Crippen LogP contribution in [0.5, 0.6) is 0 Å². The molecule has 0 aromatic heterocycles. The molecule has 1 atom stereocenters. The number of hydrogen-bond donors (Lipinski definition) is 0. The molecule has 0 spiro atoms. The topological polar surface area (TPSA) is 43.4 Å². The number of carbonyl (C=O) groups excluding carboxylic acids is 2. The molecule has 0 amide bonds. The van der Waals surface area contributed by atoms with E-state index in [9.17, 15) is 9.59 Å². The first-order valence-corrected chi connectivity index (χ1v) is 7.08. The van der Waals surface area contributed by atoms with Gasteiger partial charge in [0, 0.05) is 16.7 Å². The summed E-state index contributed by atoms with van der Waals surface area (Å²) in [4.78, 5) is 24.3. The largest absolute Gasteiger partial charge is 0.486 e. The zero-order valence-electron chi connectivity index (χ0n) is 10.7. The van der Waals surface area contributed by atoms with E-state index >= 15 is 0 Å². The summed E-state index contributed by atoms with van der Waals surface area (Å²) in [6.07, 6.45) is 0.515. The van der Waals surface area contributed by atoms with Crippen molar-refractivity contribution in [2.45, 2.75) is 30.7 Å². The molecule has 19 heavy (non-hydrogen) atoms. The summed E-state index contributed by atoms with van der Waals surface area (Å²) < 4.78 is 5.99. The monoisotopic (exact) mass is 320 g/mol. The van der Waals surface area contributed by atoms with Crippen LogP contribution in [0.2, 0.25) is 0 Å². The molecular formula is C15H13BrO3. The maximum absolute atomic E-state index is 12.2. The Labute approximate surface area is 119 Å². The van der Waals surface area contributed by atoms with Gasteiger partial charge in [0.25, 0.3) is 0 Å². The minimum atomic E-state index is -0.436. The molecule has 0 bridgehead atoms. The van der Waals surface area contributed by atoms with Crippen LogP contribution < -0.4 is 0 Å². The molecule has 98 valence electrons.